The number of hydrogen-bond acceptors (Lipinski definition) is 5. The third-order valence-electron chi connectivity index (χ3n) is 3.40. The van der Waals surface area contributed by atoms with E-state index in [-0.39, 0.29) is 5.91 Å². The van der Waals surface area contributed by atoms with Crippen LogP contribution in [0.5, 0.6) is 0 Å². The van der Waals surface area contributed by atoms with Gasteiger partial charge in [-0.2, -0.15) is 0 Å². The fourth-order valence-corrected chi connectivity index (χ4v) is 3.24. The molecular formula is C14H13N3O3S. The number of nitrogens with zero attached hydrogens (tertiary/aromatic N) is 3. The molecule has 1 N–H and O–H groups in total. The van der Waals surface area contributed by atoms with Gasteiger partial charge in [-0.3, -0.25) is 9.78 Å². The Hall–Kier alpha value is -2.28. The molecule has 21 heavy (non-hydrogen) atoms. The molecule has 1 aliphatic heterocycles. The van der Waals surface area contributed by atoms with Gasteiger partial charge in [0.1, 0.15) is 15.9 Å². The van der Waals surface area contributed by atoms with Crippen molar-refractivity contribution in [1.82, 2.24) is 14.9 Å². The zero-order valence-corrected chi connectivity index (χ0v) is 11.9. The number of aromatic nitrogens is 2. The molecule has 2 aromatic rings. The Morgan fingerprint density at radius 1 is 1.33 bits per heavy atom. The normalized spacial score (nSPS) is 17.9. The van der Waals surface area contributed by atoms with Gasteiger partial charge < -0.3 is 10.0 Å². The van der Waals surface area contributed by atoms with Crippen molar-refractivity contribution in [3.05, 3.63) is 35.5 Å². The molecule has 0 radical (unpaired) electrons. The lowest BCUT2D eigenvalue weighted by atomic mass is 10.2. The van der Waals surface area contributed by atoms with Gasteiger partial charge in [0, 0.05) is 12.7 Å². The predicted octanol–water partition coefficient (Wildman–Crippen LogP) is 1.89. The van der Waals surface area contributed by atoms with Crippen molar-refractivity contribution in [3.8, 4) is 10.7 Å². The molecule has 1 atom stereocenters. The number of aliphatic carboxylic acids is 1. The lowest BCUT2D eigenvalue weighted by Crippen LogP contribution is -2.40. The number of carbonyl (C=O) groups is 2. The Morgan fingerprint density at radius 2 is 2.19 bits per heavy atom. The summed E-state index contributed by atoms with van der Waals surface area (Å²) in [6.07, 6.45) is 4.38. The summed E-state index contributed by atoms with van der Waals surface area (Å²) < 4.78 is 0. The quantitative estimate of drug-likeness (QED) is 0.936. The number of thiazole rings is 1. The Kier molecular flexibility index (Phi) is 3.66. The maximum absolute atomic E-state index is 12.4. The standard InChI is InChI=1S/C14H13N3O3S/c18-13(17-7-3-5-10(17)14(19)20)11-8-16-12(21-11)9-4-1-2-6-15-9/h1-2,4,6,8,10H,3,5,7H2,(H,19,20)/t10-/m1/s1. The van der Waals surface area contributed by atoms with Gasteiger partial charge in [-0.1, -0.05) is 6.07 Å². The predicted molar refractivity (Wildman–Crippen MR) is 77.0 cm³/mol. The molecule has 0 bridgehead atoms. The van der Waals surface area contributed by atoms with Crippen molar-refractivity contribution in [2.75, 3.05) is 6.54 Å². The van der Waals surface area contributed by atoms with Crippen LogP contribution in [0.15, 0.2) is 30.6 Å². The molecule has 1 saturated heterocycles. The minimum atomic E-state index is -0.949. The zero-order valence-electron chi connectivity index (χ0n) is 11.1. The number of rotatable bonds is 3. The maximum atomic E-state index is 12.4. The topological polar surface area (TPSA) is 83.4 Å². The van der Waals surface area contributed by atoms with Crippen LogP contribution >= 0.6 is 11.3 Å². The molecule has 0 saturated carbocycles. The number of pyridine rings is 1. The van der Waals surface area contributed by atoms with E-state index in [4.69, 9.17) is 5.11 Å². The molecular weight excluding hydrogens is 290 g/mol. The minimum Gasteiger partial charge on any atom is -0.480 e. The summed E-state index contributed by atoms with van der Waals surface area (Å²) >= 11 is 1.24. The number of hydrogen-bond donors (Lipinski definition) is 1. The molecule has 3 rings (SSSR count). The van der Waals surface area contributed by atoms with Gasteiger partial charge >= 0.3 is 5.97 Å². The van der Waals surface area contributed by atoms with E-state index in [9.17, 15) is 9.59 Å². The average Bonchev–Trinajstić information content (AvgIpc) is 3.17. The van der Waals surface area contributed by atoms with Gasteiger partial charge in [0.2, 0.25) is 0 Å². The average molecular weight is 303 g/mol. The summed E-state index contributed by atoms with van der Waals surface area (Å²) in [5, 5.41) is 9.80. The van der Waals surface area contributed by atoms with Gasteiger partial charge in [-0.05, 0) is 25.0 Å². The van der Waals surface area contributed by atoms with Crippen LogP contribution in [0.4, 0.5) is 0 Å². The summed E-state index contributed by atoms with van der Waals surface area (Å²) in [6, 6.07) is 4.76. The third kappa shape index (κ3) is 2.64. The van der Waals surface area contributed by atoms with Crippen molar-refractivity contribution < 1.29 is 14.7 Å². The highest BCUT2D eigenvalue weighted by Crippen LogP contribution is 2.27. The molecule has 6 nitrogen and oxygen atoms in total. The molecule has 108 valence electrons. The van der Waals surface area contributed by atoms with Crippen LogP contribution in [0.3, 0.4) is 0 Å². The van der Waals surface area contributed by atoms with Crippen LogP contribution in [0.1, 0.15) is 22.5 Å². The minimum absolute atomic E-state index is 0.264. The summed E-state index contributed by atoms with van der Waals surface area (Å²) in [5.74, 6) is -1.21. The smallest absolute Gasteiger partial charge is 0.326 e. The van der Waals surface area contributed by atoms with Crippen LogP contribution < -0.4 is 0 Å². The maximum Gasteiger partial charge on any atom is 0.326 e. The van der Waals surface area contributed by atoms with Crippen molar-refractivity contribution in [2.24, 2.45) is 0 Å². The lowest BCUT2D eigenvalue weighted by Gasteiger charge is -2.20. The van der Waals surface area contributed by atoms with E-state index in [1.165, 1.54) is 22.4 Å². The first kappa shape index (κ1) is 13.7. The number of carboxylic acids is 1. The van der Waals surface area contributed by atoms with Crippen LogP contribution in [-0.2, 0) is 4.79 Å². The zero-order chi connectivity index (χ0) is 14.8. The fourth-order valence-electron chi connectivity index (χ4n) is 2.39. The molecule has 2 aromatic heterocycles. The molecule has 0 aliphatic carbocycles. The highest BCUT2D eigenvalue weighted by molar-refractivity contribution is 7.16. The lowest BCUT2D eigenvalue weighted by molar-refractivity contribution is -0.141. The van der Waals surface area contributed by atoms with E-state index < -0.39 is 12.0 Å². The summed E-state index contributed by atoms with van der Waals surface area (Å²) in [5.41, 5.74) is 0.706. The second-order valence-electron chi connectivity index (χ2n) is 4.74. The highest BCUT2D eigenvalue weighted by Gasteiger charge is 2.35. The Labute approximate surface area is 125 Å². The number of carboxylic acid groups (broad SMARTS) is 1. The van der Waals surface area contributed by atoms with E-state index in [0.717, 1.165) is 0 Å². The highest BCUT2D eigenvalue weighted by atomic mass is 32.1. The summed E-state index contributed by atoms with van der Waals surface area (Å²) in [6.45, 7) is 0.479. The van der Waals surface area contributed by atoms with Gasteiger partial charge in [-0.25, -0.2) is 9.78 Å². The van der Waals surface area contributed by atoms with Crippen LogP contribution in [-0.4, -0.2) is 44.4 Å². The van der Waals surface area contributed by atoms with Gasteiger partial charge in [0.25, 0.3) is 5.91 Å². The molecule has 1 fully saturated rings. The molecule has 7 heteroatoms. The summed E-state index contributed by atoms with van der Waals surface area (Å²) in [7, 11) is 0. The van der Waals surface area contributed by atoms with Crippen LogP contribution in [0.2, 0.25) is 0 Å². The molecule has 1 aliphatic rings. The van der Waals surface area contributed by atoms with Gasteiger partial charge in [0.05, 0.1) is 11.9 Å². The van der Waals surface area contributed by atoms with Crippen molar-refractivity contribution >= 4 is 23.2 Å². The first-order valence-corrected chi connectivity index (χ1v) is 7.39. The van der Waals surface area contributed by atoms with E-state index >= 15 is 0 Å². The van der Waals surface area contributed by atoms with Gasteiger partial charge in [-0.15, -0.1) is 11.3 Å². The van der Waals surface area contributed by atoms with Gasteiger partial charge in [0.15, 0.2) is 0 Å². The van der Waals surface area contributed by atoms with Crippen molar-refractivity contribution in [3.63, 3.8) is 0 Å². The Balaban J connectivity index is 1.83. The Bertz CT molecular complexity index is 671. The number of carbonyl (C=O) groups excluding carboxylic acids is 1. The van der Waals surface area contributed by atoms with E-state index in [0.29, 0.717) is 35.0 Å². The monoisotopic (exact) mass is 303 g/mol. The Morgan fingerprint density at radius 3 is 2.90 bits per heavy atom. The third-order valence-corrected chi connectivity index (χ3v) is 4.41. The number of likely N-dealkylation sites (tertiary alicyclic amines) is 1. The van der Waals surface area contributed by atoms with E-state index in [1.807, 2.05) is 18.2 Å². The van der Waals surface area contributed by atoms with E-state index in [2.05, 4.69) is 9.97 Å². The summed E-state index contributed by atoms with van der Waals surface area (Å²) in [4.78, 5) is 33.8. The van der Waals surface area contributed by atoms with Crippen molar-refractivity contribution in [2.45, 2.75) is 18.9 Å². The van der Waals surface area contributed by atoms with Crippen LogP contribution in [0, 0.1) is 0 Å². The largest absolute Gasteiger partial charge is 0.480 e. The molecule has 3 heterocycles. The SMILES string of the molecule is O=C(O)[C@H]1CCCN1C(=O)c1cnc(-c2ccccn2)s1. The van der Waals surface area contributed by atoms with E-state index in [1.54, 1.807) is 6.20 Å². The fraction of sp³-hybridized carbons (Fsp3) is 0.286. The number of amides is 1. The molecule has 1 amide bonds. The first-order chi connectivity index (χ1) is 10.2. The van der Waals surface area contributed by atoms with Crippen molar-refractivity contribution in [1.29, 1.82) is 0 Å². The van der Waals surface area contributed by atoms with Crippen LogP contribution in [0.25, 0.3) is 10.7 Å². The molecule has 0 spiro atoms. The second kappa shape index (κ2) is 5.61. The molecule has 0 aromatic carbocycles. The second-order valence-corrected chi connectivity index (χ2v) is 5.77. The first-order valence-electron chi connectivity index (χ1n) is 6.58. The molecule has 0 unspecified atom stereocenters.